The SMILES string of the molecule is COc1ccc(-c2cc3ccccc3n2CC(O)CNc2ccc(C)cc2C)cc1.O=C(O)C(=O)O. The van der Waals surface area contributed by atoms with Crippen LogP contribution in [0.5, 0.6) is 5.75 Å². The summed E-state index contributed by atoms with van der Waals surface area (Å²) < 4.78 is 7.49. The Morgan fingerprint density at radius 2 is 1.61 bits per heavy atom. The van der Waals surface area contributed by atoms with E-state index >= 15 is 0 Å². The maximum absolute atomic E-state index is 10.8. The van der Waals surface area contributed by atoms with Crippen molar-refractivity contribution in [3.05, 3.63) is 83.9 Å². The number of rotatable bonds is 7. The number of para-hydroxylation sites is 1. The minimum Gasteiger partial charge on any atom is -0.497 e. The highest BCUT2D eigenvalue weighted by Crippen LogP contribution is 2.30. The van der Waals surface area contributed by atoms with Crippen molar-refractivity contribution in [3.8, 4) is 17.0 Å². The Kier molecular flexibility index (Phi) is 8.70. The topological polar surface area (TPSA) is 121 Å². The zero-order chi connectivity index (χ0) is 26.2. The van der Waals surface area contributed by atoms with Crippen molar-refractivity contribution in [3.63, 3.8) is 0 Å². The number of benzene rings is 3. The fourth-order valence-electron chi connectivity index (χ4n) is 3.92. The van der Waals surface area contributed by atoms with E-state index in [4.69, 9.17) is 24.5 Å². The lowest BCUT2D eigenvalue weighted by Gasteiger charge is -2.18. The van der Waals surface area contributed by atoms with Gasteiger partial charge in [0, 0.05) is 28.8 Å². The number of aliphatic hydroxyl groups excluding tert-OH is 1. The third-order valence-electron chi connectivity index (χ3n) is 5.68. The van der Waals surface area contributed by atoms with Gasteiger partial charge in [-0.25, -0.2) is 9.59 Å². The maximum Gasteiger partial charge on any atom is 0.414 e. The number of anilines is 1. The summed E-state index contributed by atoms with van der Waals surface area (Å²) in [6.07, 6.45) is -0.529. The van der Waals surface area contributed by atoms with Gasteiger partial charge in [0.05, 0.1) is 19.8 Å². The van der Waals surface area contributed by atoms with Crippen molar-refractivity contribution in [1.29, 1.82) is 0 Å². The van der Waals surface area contributed by atoms with Crippen LogP contribution in [-0.2, 0) is 16.1 Å². The number of carbonyl (C=O) groups is 2. The Bertz CT molecular complexity index is 1330. The van der Waals surface area contributed by atoms with Crippen molar-refractivity contribution in [2.24, 2.45) is 0 Å². The number of methoxy groups -OCH3 is 1. The Morgan fingerprint density at radius 3 is 2.22 bits per heavy atom. The van der Waals surface area contributed by atoms with Crippen molar-refractivity contribution < 1.29 is 29.6 Å². The molecular weight excluding hydrogens is 460 g/mol. The Hall–Kier alpha value is -4.30. The number of nitrogens with one attached hydrogen (secondary N) is 1. The van der Waals surface area contributed by atoms with Crippen molar-refractivity contribution in [1.82, 2.24) is 4.57 Å². The zero-order valence-electron chi connectivity index (χ0n) is 20.4. The van der Waals surface area contributed by atoms with Crippen LogP contribution in [-0.4, -0.2) is 51.6 Å². The summed E-state index contributed by atoms with van der Waals surface area (Å²) in [6.45, 7) is 5.16. The molecule has 4 rings (SSSR count). The van der Waals surface area contributed by atoms with Crippen LogP contribution in [0.25, 0.3) is 22.2 Å². The summed E-state index contributed by atoms with van der Waals surface area (Å²) in [5, 5.41) is 30.2. The molecule has 8 heteroatoms. The molecule has 0 saturated heterocycles. The molecule has 36 heavy (non-hydrogen) atoms. The normalized spacial score (nSPS) is 11.3. The number of hydrogen-bond acceptors (Lipinski definition) is 5. The van der Waals surface area contributed by atoms with E-state index in [1.807, 2.05) is 24.3 Å². The van der Waals surface area contributed by atoms with E-state index in [0.29, 0.717) is 13.1 Å². The molecule has 0 aliphatic rings. The molecule has 0 spiro atoms. The molecule has 188 valence electrons. The molecule has 3 aromatic carbocycles. The number of carboxylic acid groups (broad SMARTS) is 2. The Balaban J connectivity index is 0.000000538. The quantitative estimate of drug-likeness (QED) is 0.280. The summed E-state index contributed by atoms with van der Waals surface area (Å²) >= 11 is 0. The van der Waals surface area contributed by atoms with Gasteiger partial charge in [-0.2, -0.15) is 0 Å². The van der Waals surface area contributed by atoms with Crippen LogP contribution < -0.4 is 10.1 Å². The number of aliphatic carboxylic acids is 2. The molecule has 1 heterocycles. The maximum atomic E-state index is 10.8. The first-order valence-electron chi connectivity index (χ1n) is 11.4. The number of fused-ring (bicyclic) bond motifs is 1. The predicted octanol–water partition coefficient (Wildman–Crippen LogP) is 4.56. The zero-order valence-corrected chi connectivity index (χ0v) is 20.4. The monoisotopic (exact) mass is 490 g/mol. The average Bonchev–Trinajstić information content (AvgIpc) is 3.22. The second-order valence-corrected chi connectivity index (χ2v) is 8.39. The minimum atomic E-state index is -1.82. The van der Waals surface area contributed by atoms with Crippen LogP contribution in [0.1, 0.15) is 11.1 Å². The highest BCUT2D eigenvalue weighted by atomic mass is 16.5. The number of aliphatic hydroxyl groups is 1. The molecule has 1 unspecified atom stereocenters. The summed E-state index contributed by atoms with van der Waals surface area (Å²) in [5.41, 5.74) is 6.79. The van der Waals surface area contributed by atoms with Gasteiger partial charge in [0.15, 0.2) is 0 Å². The van der Waals surface area contributed by atoms with Crippen molar-refractivity contribution in [2.45, 2.75) is 26.5 Å². The first kappa shape index (κ1) is 26.3. The molecule has 0 aliphatic heterocycles. The second kappa shape index (κ2) is 11.9. The van der Waals surface area contributed by atoms with E-state index in [2.05, 4.69) is 72.3 Å². The number of aromatic nitrogens is 1. The van der Waals surface area contributed by atoms with Crippen LogP contribution >= 0.6 is 0 Å². The lowest BCUT2D eigenvalue weighted by Crippen LogP contribution is -2.25. The lowest BCUT2D eigenvalue weighted by atomic mass is 10.1. The van der Waals surface area contributed by atoms with E-state index in [-0.39, 0.29) is 0 Å². The van der Waals surface area contributed by atoms with Crippen LogP contribution in [0, 0.1) is 13.8 Å². The van der Waals surface area contributed by atoms with Crippen LogP contribution in [0.4, 0.5) is 5.69 Å². The largest absolute Gasteiger partial charge is 0.497 e. The molecule has 1 aromatic heterocycles. The second-order valence-electron chi connectivity index (χ2n) is 8.39. The predicted molar refractivity (Wildman–Crippen MR) is 140 cm³/mol. The molecular formula is C28H30N2O6. The van der Waals surface area contributed by atoms with E-state index < -0.39 is 18.0 Å². The van der Waals surface area contributed by atoms with E-state index in [1.54, 1.807) is 7.11 Å². The van der Waals surface area contributed by atoms with Gasteiger partial charge in [0.25, 0.3) is 0 Å². The van der Waals surface area contributed by atoms with Gasteiger partial charge in [-0.1, -0.05) is 35.9 Å². The molecule has 0 saturated carbocycles. The number of carboxylic acids is 2. The minimum absolute atomic E-state index is 0.485. The first-order valence-corrected chi connectivity index (χ1v) is 11.4. The number of nitrogens with zero attached hydrogens (tertiary/aromatic N) is 1. The smallest absolute Gasteiger partial charge is 0.414 e. The molecule has 0 bridgehead atoms. The van der Waals surface area contributed by atoms with Crippen molar-refractivity contribution >= 4 is 28.5 Å². The number of ether oxygens (including phenoxy) is 1. The highest BCUT2D eigenvalue weighted by Gasteiger charge is 2.14. The van der Waals surface area contributed by atoms with Gasteiger partial charge in [0.1, 0.15) is 5.75 Å². The molecule has 0 aliphatic carbocycles. The summed E-state index contributed by atoms with van der Waals surface area (Å²) in [4.78, 5) is 18.2. The fraction of sp³-hybridized carbons (Fsp3) is 0.214. The summed E-state index contributed by atoms with van der Waals surface area (Å²) in [6, 6.07) is 24.8. The standard InChI is InChI=1S/C26H28N2O2.C2H2O4/c1-18-8-13-24(19(2)14-18)27-16-22(29)17-28-25-7-5-4-6-21(25)15-26(28)20-9-11-23(30-3)12-10-20;3-1(4)2(5)6/h4-15,22,27,29H,16-17H2,1-3H3;(H,3,4)(H,5,6). The van der Waals surface area contributed by atoms with Crippen LogP contribution in [0.15, 0.2) is 72.8 Å². The number of hydrogen-bond donors (Lipinski definition) is 4. The number of aryl methyl sites for hydroxylation is 2. The lowest BCUT2D eigenvalue weighted by molar-refractivity contribution is -0.159. The van der Waals surface area contributed by atoms with E-state index in [9.17, 15) is 5.11 Å². The molecule has 4 N–H and O–H groups in total. The average molecular weight is 491 g/mol. The van der Waals surface area contributed by atoms with Gasteiger partial charge in [-0.15, -0.1) is 0 Å². The van der Waals surface area contributed by atoms with Crippen molar-refractivity contribution in [2.75, 3.05) is 19.0 Å². The van der Waals surface area contributed by atoms with Crippen LogP contribution in [0.2, 0.25) is 0 Å². The summed E-state index contributed by atoms with van der Waals surface area (Å²) in [7, 11) is 1.67. The molecule has 8 nitrogen and oxygen atoms in total. The molecule has 0 radical (unpaired) electrons. The molecule has 1 atom stereocenters. The van der Waals surface area contributed by atoms with Gasteiger partial charge in [-0.3, -0.25) is 0 Å². The highest BCUT2D eigenvalue weighted by molar-refractivity contribution is 6.27. The van der Waals surface area contributed by atoms with E-state index in [0.717, 1.165) is 33.6 Å². The van der Waals surface area contributed by atoms with Gasteiger partial charge < -0.3 is 29.9 Å². The molecule has 4 aromatic rings. The summed E-state index contributed by atoms with van der Waals surface area (Å²) in [5.74, 6) is -2.82. The molecule has 0 amide bonds. The van der Waals surface area contributed by atoms with Gasteiger partial charge in [-0.05, 0) is 67.4 Å². The molecule has 0 fully saturated rings. The Labute approximate surface area is 209 Å². The van der Waals surface area contributed by atoms with E-state index in [1.165, 1.54) is 11.1 Å². The fourth-order valence-corrected chi connectivity index (χ4v) is 3.92. The van der Waals surface area contributed by atoms with Gasteiger partial charge in [0.2, 0.25) is 0 Å². The van der Waals surface area contributed by atoms with Gasteiger partial charge >= 0.3 is 11.9 Å². The first-order chi connectivity index (χ1) is 17.2. The Morgan fingerprint density at radius 1 is 0.944 bits per heavy atom. The van der Waals surface area contributed by atoms with Crippen LogP contribution in [0.3, 0.4) is 0 Å². The third kappa shape index (κ3) is 6.64. The third-order valence-corrected chi connectivity index (χ3v) is 5.68.